The lowest BCUT2D eigenvalue weighted by atomic mass is 9.76. The summed E-state index contributed by atoms with van der Waals surface area (Å²) in [6.07, 6.45) is 2.62. The minimum absolute atomic E-state index is 0.0946. The second-order valence-electron chi connectivity index (χ2n) is 4.88. The maximum Gasteiger partial charge on any atom is 0.230 e. The van der Waals surface area contributed by atoms with Crippen LogP contribution in [0.15, 0.2) is 24.3 Å². The van der Waals surface area contributed by atoms with E-state index in [-0.39, 0.29) is 17.1 Å². The Morgan fingerprint density at radius 1 is 1.33 bits per heavy atom. The fourth-order valence-electron chi connectivity index (χ4n) is 2.45. The average Bonchev–Trinajstić information content (AvgIpc) is 2.42. The number of phenols is 1. The quantitative estimate of drug-likeness (QED) is 0.718. The molecule has 98 valence electrons. The van der Waals surface area contributed by atoms with E-state index in [0.29, 0.717) is 0 Å². The van der Waals surface area contributed by atoms with Crippen molar-refractivity contribution < 1.29 is 9.90 Å². The Morgan fingerprint density at radius 2 is 1.94 bits per heavy atom. The molecule has 0 bridgehead atoms. The minimum Gasteiger partial charge on any atom is -0.508 e. The monoisotopic (exact) mass is 248 g/mol. The average molecular weight is 248 g/mol. The van der Waals surface area contributed by atoms with E-state index >= 15 is 0 Å². The maximum absolute atomic E-state index is 12.4. The number of amides is 1. The van der Waals surface area contributed by atoms with Gasteiger partial charge in [-0.05, 0) is 56.6 Å². The van der Waals surface area contributed by atoms with E-state index in [2.05, 4.69) is 17.6 Å². The van der Waals surface area contributed by atoms with E-state index in [1.807, 2.05) is 0 Å². The van der Waals surface area contributed by atoms with Gasteiger partial charge in [0.25, 0.3) is 0 Å². The first-order chi connectivity index (χ1) is 8.66. The van der Waals surface area contributed by atoms with Crippen molar-refractivity contribution in [3.05, 3.63) is 24.3 Å². The molecule has 0 aromatic heterocycles. The van der Waals surface area contributed by atoms with Crippen LogP contribution in [0.1, 0.15) is 26.2 Å². The van der Waals surface area contributed by atoms with Gasteiger partial charge in [-0.15, -0.1) is 0 Å². The van der Waals surface area contributed by atoms with Crippen LogP contribution in [0.4, 0.5) is 5.69 Å². The number of rotatable bonds is 3. The third kappa shape index (κ3) is 2.64. The zero-order valence-corrected chi connectivity index (χ0v) is 10.7. The van der Waals surface area contributed by atoms with Crippen molar-refractivity contribution in [2.75, 3.05) is 18.4 Å². The second kappa shape index (κ2) is 5.40. The molecular weight excluding hydrogens is 228 g/mol. The second-order valence-corrected chi connectivity index (χ2v) is 4.88. The SMILES string of the molecule is CCC1(C(=O)Nc2ccc(O)cc2)CCNCC1. The molecule has 0 atom stereocenters. The molecule has 1 saturated heterocycles. The highest BCUT2D eigenvalue weighted by Gasteiger charge is 2.37. The molecular formula is C14H20N2O2. The summed E-state index contributed by atoms with van der Waals surface area (Å²) in [6.45, 7) is 3.87. The number of phenolic OH excluding ortho intramolecular Hbond substituents is 1. The van der Waals surface area contributed by atoms with Crippen molar-refractivity contribution >= 4 is 11.6 Å². The number of carbonyl (C=O) groups is 1. The van der Waals surface area contributed by atoms with E-state index in [4.69, 9.17) is 0 Å². The van der Waals surface area contributed by atoms with Gasteiger partial charge in [0.2, 0.25) is 5.91 Å². The lowest BCUT2D eigenvalue weighted by Gasteiger charge is -2.35. The molecule has 0 saturated carbocycles. The number of hydrogen-bond acceptors (Lipinski definition) is 3. The number of piperidine rings is 1. The minimum atomic E-state index is -0.247. The van der Waals surface area contributed by atoms with E-state index in [1.165, 1.54) is 0 Å². The fraction of sp³-hybridized carbons (Fsp3) is 0.500. The number of carbonyl (C=O) groups excluding carboxylic acids is 1. The first-order valence-electron chi connectivity index (χ1n) is 6.47. The predicted octanol–water partition coefficient (Wildman–Crippen LogP) is 2.11. The zero-order chi connectivity index (χ0) is 13.0. The molecule has 1 heterocycles. The van der Waals surface area contributed by atoms with Crippen molar-refractivity contribution in [3.63, 3.8) is 0 Å². The molecule has 0 unspecified atom stereocenters. The molecule has 3 N–H and O–H groups in total. The van der Waals surface area contributed by atoms with Gasteiger partial charge in [-0.1, -0.05) is 6.92 Å². The topological polar surface area (TPSA) is 61.4 Å². The standard InChI is InChI=1S/C14H20N2O2/c1-2-14(7-9-15-10-8-14)13(18)16-11-3-5-12(17)6-4-11/h3-6,15,17H,2,7-10H2,1H3,(H,16,18). The number of anilines is 1. The van der Waals surface area contributed by atoms with Crippen molar-refractivity contribution in [3.8, 4) is 5.75 Å². The summed E-state index contributed by atoms with van der Waals surface area (Å²) in [7, 11) is 0. The first kappa shape index (κ1) is 12.9. The van der Waals surface area contributed by atoms with Crippen LogP contribution in [0.2, 0.25) is 0 Å². The van der Waals surface area contributed by atoms with Crippen LogP contribution < -0.4 is 10.6 Å². The molecule has 1 aromatic rings. The van der Waals surface area contributed by atoms with Gasteiger partial charge in [0.1, 0.15) is 5.75 Å². The van der Waals surface area contributed by atoms with Gasteiger partial charge in [0, 0.05) is 5.69 Å². The van der Waals surface area contributed by atoms with Crippen molar-refractivity contribution in [1.82, 2.24) is 5.32 Å². The molecule has 2 rings (SSSR count). The van der Waals surface area contributed by atoms with Gasteiger partial charge in [0.05, 0.1) is 5.41 Å². The molecule has 1 amide bonds. The summed E-state index contributed by atoms with van der Waals surface area (Å²) in [4.78, 5) is 12.4. The molecule has 0 aliphatic carbocycles. The third-order valence-corrected chi connectivity index (χ3v) is 3.84. The van der Waals surface area contributed by atoms with Gasteiger partial charge in [-0.2, -0.15) is 0 Å². The summed E-state index contributed by atoms with van der Waals surface area (Å²) < 4.78 is 0. The zero-order valence-electron chi connectivity index (χ0n) is 10.7. The Balaban J connectivity index is 2.07. The van der Waals surface area contributed by atoms with Gasteiger partial charge < -0.3 is 15.7 Å². The fourth-order valence-corrected chi connectivity index (χ4v) is 2.45. The van der Waals surface area contributed by atoms with E-state index in [0.717, 1.165) is 38.0 Å². The molecule has 1 aliphatic rings. The molecule has 1 fully saturated rings. The molecule has 1 aromatic carbocycles. The summed E-state index contributed by atoms with van der Waals surface area (Å²) in [6, 6.07) is 6.60. The molecule has 18 heavy (non-hydrogen) atoms. The van der Waals surface area contributed by atoms with Crippen LogP contribution in [-0.2, 0) is 4.79 Å². The van der Waals surface area contributed by atoms with Gasteiger partial charge in [-0.3, -0.25) is 4.79 Å². The molecule has 4 nitrogen and oxygen atoms in total. The number of hydrogen-bond donors (Lipinski definition) is 3. The summed E-state index contributed by atoms with van der Waals surface area (Å²) in [5.74, 6) is 0.303. The molecule has 0 spiro atoms. The highest BCUT2D eigenvalue weighted by Crippen LogP contribution is 2.34. The van der Waals surface area contributed by atoms with Gasteiger partial charge in [-0.25, -0.2) is 0 Å². The van der Waals surface area contributed by atoms with Crippen LogP contribution >= 0.6 is 0 Å². The van der Waals surface area contributed by atoms with Crippen molar-refractivity contribution in [2.45, 2.75) is 26.2 Å². The van der Waals surface area contributed by atoms with E-state index < -0.39 is 0 Å². The Bertz CT molecular complexity index is 408. The number of nitrogens with one attached hydrogen (secondary N) is 2. The smallest absolute Gasteiger partial charge is 0.230 e. The Kier molecular flexibility index (Phi) is 3.87. The van der Waals surface area contributed by atoms with Crippen LogP contribution in [0, 0.1) is 5.41 Å². The highest BCUT2D eigenvalue weighted by atomic mass is 16.3. The van der Waals surface area contributed by atoms with E-state index in [9.17, 15) is 9.90 Å². The highest BCUT2D eigenvalue weighted by molar-refractivity contribution is 5.95. The van der Waals surface area contributed by atoms with Crippen LogP contribution in [0.3, 0.4) is 0 Å². The van der Waals surface area contributed by atoms with Crippen molar-refractivity contribution in [1.29, 1.82) is 0 Å². The van der Waals surface area contributed by atoms with Gasteiger partial charge >= 0.3 is 0 Å². The Labute approximate surface area is 107 Å². The first-order valence-corrected chi connectivity index (χ1v) is 6.47. The Hall–Kier alpha value is -1.55. The predicted molar refractivity (Wildman–Crippen MR) is 71.6 cm³/mol. The lowest BCUT2D eigenvalue weighted by molar-refractivity contribution is -0.127. The normalized spacial score (nSPS) is 18.3. The van der Waals surface area contributed by atoms with Crippen molar-refractivity contribution in [2.24, 2.45) is 5.41 Å². The largest absolute Gasteiger partial charge is 0.508 e. The summed E-state index contributed by atoms with van der Waals surface area (Å²) in [5.41, 5.74) is 0.493. The van der Waals surface area contributed by atoms with E-state index in [1.54, 1.807) is 24.3 Å². The van der Waals surface area contributed by atoms with Crippen LogP contribution in [-0.4, -0.2) is 24.1 Å². The molecule has 4 heteroatoms. The van der Waals surface area contributed by atoms with Crippen LogP contribution in [0.25, 0.3) is 0 Å². The third-order valence-electron chi connectivity index (χ3n) is 3.84. The number of aromatic hydroxyl groups is 1. The maximum atomic E-state index is 12.4. The lowest BCUT2D eigenvalue weighted by Crippen LogP contribution is -2.44. The summed E-state index contributed by atoms with van der Waals surface area (Å²) >= 11 is 0. The summed E-state index contributed by atoms with van der Waals surface area (Å²) in [5, 5.41) is 15.5. The number of benzene rings is 1. The van der Waals surface area contributed by atoms with Crippen LogP contribution in [0.5, 0.6) is 5.75 Å². The van der Waals surface area contributed by atoms with Gasteiger partial charge in [0.15, 0.2) is 0 Å². The molecule has 0 radical (unpaired) electrons. The molecule has 1 aliphatic heterocycles. The Morgan fingerprint density at radius 3 is 2.50 bits per heavy atom.